The highest BCUT2D eigenvalue weighted by atomic mass is 16.5. The van der Waals surface area contributed by atoms with Gasteiger partial charge in [-0.2, -0.15) is 4.80 Å². The summed E-state index contributed by atoms with van der Waals surface area (Å²) in [6.07, 6.45) is 3.93. The Morgan fingerprint density at radius 2 is 1.74 bits per heavy atom. The van der Waals surface area contributed by atoms with Crippen LogP contribution in [-0.4, -0.2) is 64.3 Å². The SMILES string of the molecule is COc1ccc(CN(C(=O)Cn2nnc(-c3ccc(OC)c(OC)c3)n2)C(C(=O)NC2CCCC2)c2ccc(C)o2)cc1. The van der Waals surface area contributed by atoms with Gasteiger partial charge in [-0.15, -0.1) is 10.2 Å². The van der Waals surface area contributed by atoms with Gasteiger partial charge in [0.15, 0.2) is 17.5 Å². The predicted molar refractivity (Wildman–Crippen MR) is 156 cm³/mol. The van der Waals surface area contributed by atoms with E-state index in [1.807, 2.05) is 24.3 Å². The second-order valence-electron chi connectivity index (χ2n) is 10.4. The first-order valence-corrected chi connectivity index (χ1v) is 14.2. The number of amides is 2. The van der Waals surface area contributed by atoms with Crippen LogP contribution in [0.15, 0.2) is 59.0 Å². The third-order valence-electron chi connectivity index (χ3n) is 7.50. The van der Waals surface area contributed by atoms with Crippen molar-refractivity contribution in [3.8, 4) is 28.6 Å². The number of methoxy groups -OCH3 is 3. The number of nitrogens with one attached hydrogen (secondary N) is 1. The first-order chi connectivity index (χ1) is 20.9. The van der Waals surface area contributed by atoms with Crippen LogP contribution in [0.3, 0.4) is 0 Å². The van der Waals surface area contributed by atoms with Crippen molar-refractivity contribution in [2.24, 2.45) is 0 Å². The number of nitrogens with zero attached hydrogens (tertiary/aromatic N) is 5. The highest BCUT2D eigenvalue weighted by molar-refractivity contribution is 5.88. The van der Waals surface area contributed by atoms with Gasteiger partial charge in [-0.3, -0.25) is 9.59 Å². The van der Waals surface area contributed by atoms with Gasteiger partial charge in [0, 0.05) is 18.2 Å². The van der Waals surface area contributed by atoms with E-state index in [2.05, 4.69) is 20.7 Å². The summed E-state index contributed by atoms with van der Waals surface area (Å²) in [6.45, 7) is 1.70. The van der Waals surface area contributed by atoms with Crippen molar-refractivity contribution in [2.45, 2.75) is 57.8 Å². The standard InChI is InChI=1S/C31H36N6O6/c1-20-9-15-26(43-20)29(31(39)32-23-7-5-6-8-23)36(18-21-10-13-24(40-2)14-11-21)28(38)19-37-34-30(33-35-37)22-12-16-25(41-3)27(17-22)42-4/h9-17,23,29H,5-8,18-19H2,1-4H3,(H,32,39). The zero-order valence-corrected chi connectivity index (χ0v) is 24.8. The predicted octanol–water partition coefficient (Wildman–Crippen LogP) is 4.10. The van der Waals surface area contributed by atoms with Crippen LogP contribution in [0.25, 0.3) is 11.4 Å². The van der Waals surface area contributed by atoms with Crippen molar-refractivity contribution in [1.82, 2.24) is 30.4 Å². The van der Waals surface area contributed by atoms with Gasteiger partial charge in [-0.1, -0.05) is 25.0 Å². The molecule has 0 radical (unpaired) electrons. The fraction of sp³-hybridized carbons (Fsp3) is 0.387. The number of furan rings is 1. The van der Waals surface area contributed by atoms with E-state index in [1.165, 1.54) is 9.70 Å². The smallest absolute Gasteiger partial charge is 0.250 e. The first kappa shape index (κ1) is 29.6. The summed E-state index contributed by atoms with van der Waals surface area (Å²) in [7, 11) is 4.69. The number of hydrogen-bond donors (Lipinski definition) is 1. The second kappa shape index (κ2) is 13.4. The molecule has 2 aromatic heterocycles. The molecule has 5 rings (SSSR count). The number of carbonyl (C=O) groups is 2. The van der Waals surface area contributed by atoms with Gasteiger partial charge in [0.05, 0.1) is 21.3 Å². The summed E-state index contributed by atoms with van der Waals surface area (Å²) in [5.41, 5.74) is 1.46. The number of aromatic nitrogens is 4. The quantitative estimate of drug-likeness (QED) is 0.260. The molecule has 43 heavy (non-hydrogen) atoms. The molecule has 226 valence electrons. The number of aryl methyl sites for hydroxylation is 1. The van der Waals surface area contributed by atoms with Crippen molar-refractivity contribution in [3.05, 3.63) is 71.7 Å². The number of carbonyl (C=O) groups excluding carboxylic acids is 2. The molecule has 0 aliphatic heterocycles. The molecule has 0 spiro atoms. The van der Waals surface area contributed by atoms with Crippen molar-refractivity contribution in [3.63, 3.8) is 0 Å². The first-order valence-electron chi connectivity index (χ1n) is 14.2. The van der Waals surface area contributed by atoms with E-state index in [1.54, 1.807) is 58.6 Å². The topological polar surface area (TPSA) is 134 Å². The van der Waals surface area contributed by atoms with Crippen molar-refractivity contribution in [1.29, 1.82) is 0 Å². The van der Waals surface area contributed by atoms with Gasteiger partial charge in [-0.05, 0) is 73.0 Å². The fourth-order valence-electron chi connectivity index (χ4n) is 5.24. The third-order valence-corrected chi connectivity index (χ3v) is 7.50. The van der Waals surface area contributed by atoms with Crippen LogP contribution in [0.2, 0.25) is 0 Å². The molecule has 1 unspecified atom stereocenters. The normalized spacial score (nSPS) is 13.9. The summed E-state index contributed by atoms with van der Waals surface area (Å²) in [4.78, 5) is 30.6. The Balaban J connectivity index is 1.45. The number of benzene rings is 2. The van der Waals surface area contributed by atoms with Crippen LogP contribution >= 0.6 is 0 Å². The second-order valence-corrected chi connectivity index (χ2v) is 10.4. The molecule has 2 amide bonds. The lowest BCUT2D eigenvalue weighted by molar-refractivity contribution is -0.143. The van der Waals surface area contributed by atoms with Crippen LogP contribution in [0.1, 0.15) is 48.8 Å². The van der Waals surface area contributed by atoms with Crippen LogP contribution in [0.4, 0.5) is 0 Å². The van der Waals surface area contributed by atoms with Gasteiger partial charge in [-0.25, -0.2) is 0 Å². The van der Waals surface area contributed by atoms with Gasteiger partial charge < -0.3 is 28.8 Å². The summed E-state index contributed by atoms with van der Waals surface area (Å²) < 4.78 is 21.9. The zero-order valence-electron chi connectivity index (χ0n) is 24.8. The van der Waals surface area contributed by atoms with Crippen LogP contribution in [-0.2, 0) is 22.7 Å². The molecule has 1 fully saturated rings. The van der Waals surface area contributed by atoms with E-state index < -0.39 is 6.04 Å². The highest BCUT2D eigenvalue weighted by Gasteiger charge is 2.36. The maximum absolute atomic E-state index is 14.0. The summed E-state index contributed by atoms with van der Waals surface area (Å²) >= 11 is 0. The number of tetrazole rings is 1. The van der Waals surface area contributed by atoms with Gasteiger partial charge >= 0.3 is 0 Å². The minimum atomic E-state index is -1.00. The van der Waals surface area contributed by atoms with E-state index in [0.29, 0.717) is 40.2 Å². The minimum absolute atomic E-state index is 0.0602. The van der Waals surface area contributed by atoms with E-state index in [0.717, 1.165) is 31.2 Å². The van der Waals surface area contributed by atoms with Crippen LogP contribution in [0, 0.1) is 6.92 Å². The molecule has 12 nitrogen and oxygen atoms in total. The van der Waals surface area contributed by atoms with E-state index >= 15 is 0 Å². The number of ether oxygens (including phenoxy) is 3. The van der Waals surface area contributed by atoms with Gasteiger partial charge in [0.1, 0.15) is 23.8 Å². The Morgan fingerprint density at radius 1 is 1.00 bits per heavy atom. The number of rotatable bonds is 12. The molecule has 1 aliphatic rings. The lowest BCUT2D eigenvalue weighted by Crippen LogP contribution is -2.46. The van der Waals surface area contributed by atoms with E-state index in [9.17, 15) is 9.59 Å². The lowest BCUT2D eigenvalue weighted by atomic mass is 10.1. The molecular weight excluding hydrogens is 552 g/mol. The average Bonchev–Trinajstić information content (AvgIpc) is 3.80. The Morgan fingerprint density at radius 3 is 2.40 bits per heavy atom. The van der Waals surface area contributed by atoms with Gasteiger partial charge in [0.2, 0.25) is 11.7 Å². The van der Waals surface area contributed by atoms with Crippen molar-refractivity contribution >= 4 is 11.8 Å². The summed E-state index contributed by atoms with van der Waals surface area (Å²) in [5.74, 6) is 2.44. The molecule has 0 saturated heterocycles. The van der Waals surface area contributed by atoms with Crippen LogP contribution in [0.5, 0.6) is 17.2 Å². The molecule has 2 heterocycles. The highest BCUT2D eigenvalue weighted by Crippen LogP contribution is 2.31. The monoisotopic (exact) mass is 588 g/mol. The molecular formula is C31H36N6O6. The molecule has 0 bridgehead atoms. The Labute approximate surface area is 249 Å². The fourth-order valence-corrected chi connectivity index (χ4v) is 5.24. The third kappa shape index (κ3) is 6.96. The largest absolute Gasteiger partial charge is 0.497 e. The molecule has 2 aromatic carbocycles. The molecule has 1 N–H and O–H groups in total. The molecule has 1 atom stereocenters. The average molecular weight is 589 g/mol. The Bertz CT molecular complexity index is 1540. The Kier molecular flexibility index (Phi) is 9.23. The Hall–Kier alpha value is -4.87. The maximum atomic E-state index is 14.0. The molecule has 1 aliphatic carbocycles. The molecule has 1 saturated carbocycles. The summed E-state index contributed by atoms with van der Waals surface area (Å²) in [6, 6.07) is 15.2. The minimum Gasteiger partial charge on any atom is -0.497 e. The maximum Gasteiger partial charge on any atom is 0.250 e. The van der Waals surface area contributed by atoms with Gasteiger partial charge in [0.25, 0.3) is 5.91 Å². The van der Waals surface area contributed by atoms with E-state index in [-0.39, 0.29) is 30.9 Å². The molecule has 12 heteroatoms. The summed E-state index contributed by atoms with van der Waals surface area (Å²) in [5, 5.41) is 15.9. The number of hydrogen-bond acceptors (Lipinski definition) is 9. The van der Waals surface area contributed by atoms with E-state index in [4.69, 9.17) is 18.6 Å². The zero-order chi connectivity index (χ0) is 30.3. The van der Waals surface area contributed by atoms with Crippen molar-refractivity contribution < 1.29 is 28.2 Å². The molecule has 4 aromatic rings. The van der Waals surface area contributed by atoms with Crippen LogP contribution < -0.4 is 19.5 Å². The lowest BCUT2D eigenvalue weighted by Gasteiger charge is -2.30. The van der Waals surface area contributed by atoms with Crippen molar-refractivity contribution in [2.75, 3.05) is 21.3 Å².